The molecule has 1 aliphatic heterocycles. The molecule has 0 radical (unpaired) electrons. The van der Waals surface area contributed by atoms with Crippen LogP contribution in [0.3, 0.4) is 0 Å². The van der Waals surface area contributed by atoms with Gasteiger partial charge in [0.15, 0.2) is 0 Å². The van der Waals surface area contributed by atoms with E-state index in [1.165, 1.54) is 0 Å². The Morgan fingerprint density at radius 2 is 2.32 bits per heavy atom. The van der Waals surface area contributed by atoms with E-state index < -0.39 is 0 Å². The molecule has 116 valence electrons. The van der Waals surface area contributed by atoms with Crippen molar-refractivity contribution in [3.63, 3.8) is 0 Å². The molecule has 1 aromatic carbocycles. The number of anilines is 1. The molecule has 22 heavy (non-hydrogen) atoms. The largest absolute Gasteiger partial charge is 0.345 e. The highest BCUT2D eigenvalue weighted by Gasteiger charge is 2.27. The molecule has 3 rings (SSSR count). The monoisotopic (exact) mass is 300 g/mol. The fraction of sp³-hybridized carbons (Fsp3) is 0.438. The number of imidazole rings is 1. The summed E-state index contributed by atoms with van der Waals surface area (Å²) in [7, 11) is 0. The topological polar surface area (TPSA) is 78.1 Å². The van der Waals surface area contributed by atoms with Crippen molar-refractivity contribution in [3.05, 3.63) is 24.5 Å². The van der Waals surface area contributed by atoms with Crippen LogP contribution in [-0.4, -0.2) is 39.8 Å². The van der Waals surface area contributed by atoms with E-state index in [4.69, 9.17) is 0 Å². The standard InChI is InChI=1S/C16H20N4O2/c1-2-15(21)20-7-3-4-11(9-20)16(22)19-12-5-6-13-14(8-12)18-10-17-13/h5-6,8,10-11H,2-4,7,9H2,1H3,(H,17,18)(H,19,22). The summed E-state index contributed by atoms with van der Waals surface area (Å²) in [5, 5.41) is 2.95. The second kappa shape index (κ2) is 6.17. The van der Waals surface area contributed by atoms with E-state index in [-0.39, 0.29) is 17.7 Å². The summed E-state index contributed by atoms with van der Waals surface area (Å²) in [5.74, 6) is -0.0365. The molecule has 1 aromatic heterocycles. The van der Waals surface area contributed by atoms with Gasteiger partial charge in [0.1, 0.15) is 0 Å². The molecular formula is C16H20N4O2. The minimum Gasteiger partial charge on any atom is -0.345 e. The number of aromatic nitrogens is 2. The molecule has 0 bridgehead atoms. The number of piperidine rings is 1. The molecule has 0 aliphatic carbocycles. The van der Waals surface area contributed by atoms with Gasteiger partial charge in [0, 0.05) is 25.2 Å². The zero-order valence-corrected chi connectivity index (χ0v) is 12.6. The number of nitrogens with one attached hydrogen (secondary N) is 2. The number of rotatable bonds is 3. The Labute approximate surface area is 128 Å². The molecule has 2 amide bonds. The predicted octanol–water partition coefficient (Wildman–Crippen LogP) is 2.15. The Balaban J connectivity index is 1.66. The van der Waals surface area contributed by atoms with Crippen molar-refractivity contribution in [1.82, 2.24) is 14.9 Å². The van der Waals surface area contributed by atoms with Crippen molar-refractivity contribution in [2.75, 3.05) is 18.4 Å². The lowest BCUT2D eigenvalue weighted by molar-refractivity contribution is -0.134. The fourth-order valence-electron chi connectivity index (χ4n) is 2.90. The third-order valence-corrected chi connectivity index (χ3v) is 4.14. The van der Waals surface area contributed by atoms with Gasteiger partial charge in [-0.05, 0) is 31.0 Å². The molecule has 1 aliphatic rings. The number of H-pyrrole nitrogens is 1. The van der Waals surface area contributed by atoms with Gasteiger partial charge in [0.05, 0.1) is 23.3 Å². The maximum absolute atomic E-state index is 12.4. The van der Waals surface area contributed by atoms with Crippen LogP contribution in [-0.2, 0) is 9.59 Å². The highest BCUT2D eigenvalue weighted by Crippen LogP contribution is 2.21. The van der Waals surface area contributed by atoms with Crippen LogP contribution in [0.25, 0.3) is 11.0 Å². The summed E-state index contributed by atoms with van der Waals surface area (Å²) >= 11 is 0. The van der Waals surface area contributed by atoms with Crippen molar-refractivity contribution >= 4 is 28.5 Å². The van der Waals surface area contributed by atoms with E-state index >= 15 is 0 Å². The van der Waals surface area contributed by atoms with Gasteiger partial charge in [0.2, 0.25) is 11.8 Å². The Hall–Kier alpha value is -2.37. The summed E-state index contributed by atoms with van der Waals surface area (Å²) in [4.78, 5) is 33.2. The van der Waals surface area contributed by atoms with E-state index in [0.717, 1.165) is 36.1 Å². The number of fused-ring (bicyclic) bond motifs is 1. The van der Waals surface area contributed by atoms with Gasteiger partial charge in [-0.3, -0.25) is 9.59 Å². The van der Waals surface area contributed by atoms with Gasteiger partial charge in [0.25, 0.3) is 0 Å². The van der Waals surface area contributed by atoms with E-state index in [1.807, 2.05) is 25.1 Å². The van der Waals surface area contributed by atoms with Crippen molar-refractivity contribution < 1.29 is 9.59 Å². The zero-order chi connectivity index (χ0) is 15.5. The normalized spacial score (nSPS) is 18.4. The average Bonchev–Trinajstić information content (AvgIpc) is 3.02. The Bertz CT molecular complexity index is 694. The van der Waals surface area contributed by atoms with Crippen molar-refractivity contribution in [2.24, 2.45) is 5.92 Å². The molecule has 0 saturated carbocycles. The fourth-order valence-corrected chi connectivity index (χ4v) is 2.90. The number of likely N-dealkylation sites (tertiary alicyclic amines) is 1. The van der Waals surface area contributed by atoms with Crippen molar-refractivity contribution in [1.29, 1.82) is 0 Å². The molecule has 6 heteroatoms. The number of hydrogen-bond acceptors (Lipinski definition) is 3. The van der Waals surface area contributed by atoms with Crippen LogP contribution >= 0.6 is 0 Å². The number of benzene rings is 1. The maximum Gasteiger partial charge on any atom is 0.229 e. The van der Waals surface area contributed by atoms with Gasteiger partial charge >= 0.3 is 0 Å². The summed E-state index contributed by atoms with van der Waals surface area (Å²) in [6.45, 7) is 3.13. The number of amides is 2. The lowest BCUT2D eigenvalue weighted by Gasteiger charge is -2.31. The van der Waals surface area contributed by atoms with Gasteiger partial charge in [-0.15, -0.1) is 0 Å². The number of nitrogens with zero attached hydrogens (tertiary/aromatic N) is 2. The summed E-state index contributed by atoms with van der Waals surface area (Å²) < 4.78 is 0. The van der Waals surface area contributed by atoms with E-state index in [2.05, 4.69) is 15.3 Å². The number of aromatic amines is 1. The molecule has 2 aromatic rings. The lowest BCUT2D eigenvalue weighted by Crippen LogP contribution is -2.43. The maximum atomic E-state index is 12.4. The van der Waals surface area contributed by atoms with Crippen LogP contribution < -0.4 is 5.32 Å². The zero-order valence-electron chi connectivity index (χ0n) is 12.6. The highest BCUT2D eigenvalue weighted by molar-refractivity contribution is 5.95. The molecule has 2 heterocycles. The third-order valence-electron chi connectivity index (χ3n) is 4.14. The lowest BCUT2D eigenvalue weighted by atomic mass is 9.96. The second-order valence-electron chi connectivity index (χ2n) is 5.66. The molecule has 2 N–H and O–H groups in total. The van der Waals surface area contributed by atoms with Crippen LogP contribution in [0.1, 0.15) is 26.2 Å². The van der Waals surface area contributed by atoms with Crippen LogP contribution in [0, 0.1) is 5.92 Å². The molecule has 1 unspecified atom stereocenters. The van der Waals surface area contributed by atoms with E-state index in [0.29, 0.717) is 13.0 Å². The summed E-state index contributed by atoms with van der Waals surface area (Å²) in [5.41, 5.74) is 2.51. The predicted molar refractivity (Wildman–Crippen MR) is 84.3 cm³/mol. The first-order valence-corrected chi connectivity index (χ1v) is 7.69. The van der Waals surface area contributed by atoms with E-state index in [9.17, 15) is 9.59 Å². The van der Waals surface area contributed by atoms with Crippen LogP contribution in [0.15, 0.2) is 24.5 Å². The molecule has 1 fully saturated rings. The average molecular weight is 300 g/mol. The van der Waals surface area contributed by atoms with Gasteiger partial charge in [-0.25, -0.2) is 4.98 Å². The SMILES string of the molecule is CCC(=O)N1CCCC(C(=O)Nc2ccc3nc[nH]c3c2)C1. The molecule has 6 nitrogen and oxygen atoms in total. The number of carbonyl (C=O) groups is 2. The molecular weight excluding hydrogens is 280 g/mol. The third kappa shape index (κ3) is 2.95. The molecule has 1 atom stereocenters. The smallest absolute Gasteiger partial charge is 0.229 e. The Morgan fingerprint density at radius 1 is 1.45 bits per heavy atom. The van der Waals surface area contributed by atoms with E-state index in [1.54, 1.807) is 11.2 Å². The highest BCUT2D eigenvalue weighted by atomic mass is 16.2. The first-order chi connectivity index (χ1) is 10.7. The van der Waals surface area contributed by atoms with Crippen molar-refractivity contribution in [2.45, 2.75) is 26.2 Å². The van der Waals surface area contributed by atoms with Crippen molar-refractivity contribution in [3.8, 4) is 0 Å². The number of carbonyl (C=O) groups excluding carboxylic acids is 2. The molecule has 1 saturated heterocycles. The molecule has 0 spiro atoms. The van der Waals surface area contributed by atoms with Gasteiger partial charge in [-0.2, -0.15) is 0 Å². The summed E-state index contributed by atoms with van der Waals surface area (Å²) in [6.07, 6.45) is 3.82. The van der Waals surface area contributed by atoms with Gasteiger partial charge in [-0.1, -0.05) is 6.92 Å². The Kier molecular flexibility index (Phi) is 4.09. The first kappa shape index (κ1) is 14.6. The van der Waals surface area contributed by atoms with Crippen LogP contribution in [0.2, 0.25) is 0 Å². The Morgan fingerprint density at radius 3 is 3.14 bits per heavy atom. The first-order valence-electron chi connectivity index (χ1n) is 7.69. The quantitative estimate of drug-likeness (QED) is 0.911. The number of hydrogen-bond donors (Lipinski definition) is 2. The summed E-state index contributed by atoms with van der Waals surface area (Å²) in [6, 6.07) is 5.59. The van der Waals surface area contributed by atoms with Gasteiger partial charge < -0.3 is 15.2 Å². The van der Waals surface area contributed by atoms with Crippen LogP contribution in [0.4, 0.5) is 5.69 Å². The van der Waals surface area contributed by atoms with Crippen LogP contribution in [0.5, 0.6) is 0 Å². The minimum absolute atomic E-state index is 0.0209. The minimum atomic E-state index is -0.137. The second-order valence-corrected chi connectivity index (χ2v) is 5.66.